The number of hydrogen-bond acceptors (Lipinski definition) is 5. The fourth-order valence-electron chi connectivity index (χ4n) is 1.27. The van der Waals surface area contributed by atoms with Gasteiger partial charge in [0, 0.05) is 6.26 Å². The SMILES string of the molecule is C[S@@](=O)c1nncn1CC(=O)c1ccc(Cl)s1. The second-order valence-corrected chi connectivity index (χ2v) is 6.21. The van der Waals surface area contributed by atoms with Crippen molar-refractivity contribution in [2.45, 2.75) is 11.7 Å². The van der Waals surface area contributed by atoms with Crippen LogP contribution in [0.4, 0.5) is 0 Å². The van der Waals surface area contributed by atoms with Crippen molar-refractivity contribution in [3.8, 4) is 0 Å². The van der Waals surface area contributed by atoms with Crippen LogP contribution >= 0.6 is 22.9 Å². The number of carbonyl (C=O) groups is 1. The second kappa shape index (κ2) is 5.07. The van der Waals surface area contributed by atoms with Crippen LogP contribution in [0.25, 0.3) is 0 Å². The van der Waals surface area contributed by atoms with E-state index in [9.17, 15) is 9.00 Å². The maximum absolute atomic E-state index is 11.9. The quantitative estimate of drug-likeness (QED) is 0.802. The van der Waals surface area contributed by atoms with Gasteiger partial charge in [-0.05, 0) is 12.1 Å². The summed E-state index contributed by atoms with van der Waals surface area (Å²) >= 11 is 6.97. The molecule has 90 valence electrons. The van der Waals surface area contributed by atoms with Crippen molar-refractivity contribution in [3.63, 3.8) is 0 Å². The molecule has 0 spiro atoms. The molecule has 0 unspecified atom stereocenters. The minimum absolute atomic E-state index is 0.0682. The highest BCUT2D eigenvalue weighted by molar-refractivity contribution is 7.84. The Morgan fingerprint density at radius 1 is 1.59 bits per heavy atom. The molecule has 0 aliphatic rings. The Morgan fingerprint density at radius 3 is 2.94 bits per heavy atom. The van der Waals surface area contributed by atoms with Crippen molar-refractivity contribution in [1.29, 1.82) is 0 Å². The summed E-state index contributed by atoms with van der Waals surface area (Å²) < 4.78 is 13.4. The summed E-state index contributed by atoms with van der Waals surface area (Å²) in [6.07, 6.45) is 2.89. The van der Waals surface area contributed by atoms with E-state index in [-0.39, 0.29) is 12.3 Å². The maximum Gasteiger partial charge on any atom is 0.221 e. The van der Waals surface area contributed by atoms with Gasteiger partial charge in [0.1, 0.15) is 6.33 Å². The summed E-state index contributed by atoms with van der Waals surface area (Å²) in [5.74, 6) is -0.103. The Morgan fingerprint density at radius 2 is 2.35 bits per heavy atom. The highest BCUT2D eigenvalue weighted by atomic mass is 35.5. The van der Waals surface area contributed by atoms with Gasteiger partial charge in [-0.1, -0.05) is 11.6 Å². The van der Waals surface area contributed by atoms with Crippen LogP contribution in [0.1, 0.15) is 9.67 Å². The number of carbonyl (C=O) groups excluding carboxylic acids is 1. The predicted octanol–water partition coefficient (Wildman–Crippen LogP) is 1.61. The van der Waals surface area contributed by atoms with E-state index in [0.717, 1.165) is 0 Å². The summed E-state index contributed by atoms with van der Waals surface area (Å²) in [7, 11) is -1.26. The third kappa shape index (κ3) is 2.80. The molecule has 0 aromatic carbocycles. The van der Waals surface area contributed by atoms with Gasteiger partial charge in [0.2, 0.25) is 5.16 Å². The third-order valence-corrected chi connectivity index (χ3v) is 4.10. The first kappa shape index (κ1) is 12.4. The summed E-state index contributed by atoms with van der Waals surface area (Å²) in [6, 6.07) is 3.34. The monoisotopic (exact) mass is 289 g/mol. The molecule has 0 saturated heterocycles. The van der Waals surface area contributed by atoms with Crippen molar-refractivity contribution < 1.29 is 9.00 Å². The lowest BCUT2D eigenvalue weighted by Gasteiger charge is -2.01. The van der Waals surface area contributed by atoms with Crippen molar-refractivity contribution in [2.24, 2.45) is 0 Å². The molecule has 0 N–H and O–H groups in total. The second-order valence-electron chi connectivity index (χ2n) is 3.22. The van der Waals surface area contributed by atoms with Crippen LogP contribution < -0.4 is 0 Å². The van der Waals surface area contributed by atoms with Crippen LogP contribution in [0.3, 0.4) is 0 Å². The first-order chi connectivity index (χ1) is 8.08. The van der Waals surface area contributed by atoms with Gasteiger partial charge in [0.15, 0.2) is 5.78 Å². The average molecular weight is 290 g/mol. The number of hydrogen-bond donors (Lipinski definition) is 0. The van der Waals surface area contributed by atoms with Crippen LogP contribution in [-0.2, 0) is 17.3 Å². The van der Waals surface area contributed by atoms with Crippen LogP contribution in [0, 0.1) is 0 Å². The van der Waals surface area contributed by atoms with E-state index in [1.165, 1.54) is 28.5 Å². The lowest BCUT2D eigenvalue weighted by atomic mass is 10.3. The first-order valence-corrected chi connectivity index (χ1v) is 7.33. The lowest BCUT2D eigenvalue weighted by Crippen LogP contribution is -2.12. The molecule has 5 nitrogen and oxygen atoms in total. The standard InChI is InChI=1S/C9H8ClN3O2S2/c1-17(15)9-12-11-5-13(9)4-6(14)7-2-3-8(10)16-7/h2-3,5H,4H2,1H3/t17-/m1/s1. The first-order valence-electron chi connectivity index (χ1n) is 4.57. The molecule has 2 rings (SSSR count). The minimum atomic E-state index is -1.26. The number of aromatic nitrogens is 3. The lowest BCUT2D eigenvalue weighted by molar-refractivity contribution is 0.0973. The Kier molecular flexibility index (Phi) is 3.70. The molecule has 8 heteroatoms. The van der Waals surface area contributed by atoms with Gasteiger partial charge in [-0.3, -0.25) is 13.6 Å². The predicted molar refractivity (Wildman–Crippen MR) is 66.0 cm³/mol. The number of rotatable bonds is 4. The van der Waals surface area contributed by atoms with E-state index in [0.29, 0.717) is 14.4 Å². The molecule has 0 amide bonds. The Labute approximate surface area is 109 Å². The van der Waals surface area contributed by atoms with Gasteiger partial charge < -0.3 is 0 Å². The molecule has 2 heterocycles. The number of nitrogens with zero attached hydrogens (tertiary/aromatic N) is 3. The maximum atomic E-state index is 11.9. The fourth-order valence-corrected chi connectivity index (χ4v) is 2.85. The van der Waals surface area contributed by atoms with Crippen molar-refractivity contribution in [3.05, 3.63) is 27.7 Å². The Balaban J connectivity index is 2.18. The molecular formula is C9H8ClN3O2S2. The summed E-state index contributed by atoms with van der Waals surface area (Å²) in [5, 5.41) is 7.64. The molecule has 0 saturated carbocycles. The van der Waals surface area contributed by atoms with Crippen LogP contribution in [0.5, 0.6) is 0 Å². The van der Waals surface area contributed by atoms with Crippen LogP contribution in [0.2, 0.25) is 4.34 Å². The van der Waals surface area contributed by atoms with Crippen LogP contribution in [0.15, 0.2) is 23.6 Å². The smallest absolute Gasteiger partial charge is 0.221 e. The van der Waals surface area contributed by atoms with Crippen molar-refractivity contribution >= 4 is 39.5 Å². The number of ketones is 1. The van der Waals surface area contributed by atoms with E-state index in [1.807, 2.05) is 0 Å². The highest BCUT2D eigenvalue weighted by Crippen LogP contribution is 2.22. The van der Waals surface area contributed by atoms with Crippen LogP contribution in [-0.4, -0.2) is 31.0 Å². The minimum Gasteiger partial charge on any atom is -0.299 e. The number of Topliss-reactive ketones (excluding diaryl/α,β-unsaturated/α-hetero) is 1. The zero-order valence-corrected chi connectivity index (χ0v) is 11.2. The zero-order chi connectivity index (χ0) is 12.4. The van der Waals surface area contributed by atoms with Gasteiger partial charge in [-0.2, -0.15) is 0 Å². The molecule has 2 aromatic heterocycles. The molecule has 0 bridgehead atoms. The number of halogens is 1. The van der Waals surface area contributed by atoms with E-state index < -0.39 is 10.8 Å². The van der Waals surface area contributed by atoms with Crippen molar-refractivity contribution in [2.75, 3.05) is 6.26 Å². The van der Waals surface area contributed by atoms with E-state index in [2.05, 4.69) is 10.2 Å². The van der Waals surface area contributed by atoms with E-state index in [1.54, 1.807) is 12.1 Å². The molecule has 0 fully saturated rings. The Hall–Kier alpha value is -1.05. The average Bonchev–Trinajstić information content (AvgIpc) is 2.86. The molecule has 2 aromatic rings. The fraction of sp³-hybridized carbons (Fsp3) is 0.222. The van der Waals surface area contributed by atoms with E-state index in [4.69, 9.17) is 11.6 Å². The molecule has 0 aliphatic heterocycles. The van der Waals surface area contributed by atoms with Gasteiger partial charge >= 0.3 is 0 Å². The third-order valence-electron chi connectivity index (χ3n) is 2.00. The van der Waals surface area contributed by atoms with Crippen molar-refractivity contribution in [1.82, 2.24) is 14.8 Å². The molecule has 0 aliphatic carbocycles. The molecular weight excluding hydrogens is 282 g/mol. The number of thiophene rings is 1. The van der Waals surface area contributed by atoms with E-state index >= 15 is 0 Å². The normalized spacial score (nSPS) is 12.6. The summed E-state index contributed by atoms with van der Waals surface area (Å²) in [4.78, 5) is 12.4. The molecule has 0 radical (unpaired) electrons. The summed E-state index contributed by atoms with van der Waals surface area (Å²) in [6.45, 7) is 0.0682. The van der Waals surface area contributed by atoms with Gasteiger partial charge in [-0.25, -0.2) is 0 Å². The largest absolute Gasteiger partial charge is 0.299 e. The van der Waals surface area contributed by atoms with Gasteiger partial charge in [0.05, 0.1) is 26.6 Å². The van der Waals surface area contributed by atoms with Gasteiger partial charge in [-0.15, -0.1) is 21.5 Å². The topological polar surface area (TPSA) is 64.8 Å². The summed E-state index contributed by atoms with van der Waals surface area (Å²) in [5.41, 5.74) is 0. The van der Waals surface area contributed by atoms with Gasteiger partial charge in [0.25, 0.3) is 0 Å². The molecule has 1 atom stereocenters. The highest BCUT2D eigenvalue weighted by Gasteiger charge is 2.14. The Bertz CT molecular complexity index is 578. The molecule has 17 heavy (non-hydrogen) atoms. The zero-order valence-electron chi connectivity index (χ0n) is 8.79.